The molecule has 24 heavy (non-hydrogen) atoms. The second-order valence-electron chi connectivity index (χ2n) is 5.85. The van der Waals surface area contributed by atoms with Crippen molar-refractivity contribution in [2.24, 2.45) is 0 Å². The first-order valence-corrected chi connectivity index (χ1v) is 9.63. The van der Waals surface area contributed by atoms with Gasteiger partial charge in [-0.05, 0) is 30.7 Å². The van der Waals surface area contributed by atoms with Crippen molar-refractivity contribution in [1.82, 2.24) is 14.8 Å². The molecule has 4 nitrogen and oxygen atoms in total. The Morgan fingerprint density at radius 3 is 2.79 bits per heavy atom. The van der Waals surface area contributed by atoms with Gasteiger partial charge in [-0.2, -0.15) is 0 Å². The average Bonchev–Trinajstić information content (AvgIpc) is 2.98. The molecule has 2 heterocycles. The summed E-state index contributed by atoms with van der Waals surface area (Å²) >= 11 is 5.13. The van der Waals surface area contributed by atoms with Gasteiger partial charge in [0.1, 0.15) is 0 Å². The molecule has 0 atom stereocenters. The van der Waals surface area contributed by atoms with E-state index in [4.69, 9.17) is 0 Å². The van der Waals surface area contributed by atoms with Crippen LogP contribution in [0.4, 0.5) is 0 Å². The highest BCUT2D eigenvalue weighted by Gasteiger charge is 2.20. The van der Waals surface area contributed by atoms with Crippen LogP contribution in [0.1, 0.15) is 16.3 Å². The molecule has 1 amide bonds. The lowest BCUT2D eigenvalue weighted by Crippen LogP contribution is -2.47. The molecule has 6 heteroatoms. The van der Waals surface area contributed by atoms with Crippen LogP contribution < -0.4 is 0 Å². The van der Waals surface area contributed by atoms with Crippen molar-refractivity contribution < 1.29 is 4.79 Å². The number of hydrogen-bond donors (Lipinski definition) is 0. The molecule has 126 valence electrons. The fourth-order valence-electron chi connectivity index (χ4n) is 2.72. The van der Waals surface area contributed by atoms with Crippen molar-refractivity contribution in [1.29, 1.82) is 0 Å². The van der Waals surface area contributed by atoms with E-state index >= 15 is 0 Å². The van der Waals surface area contributed by atoms with Crippen LogP contribution in [-0.2, 0) is 11.3 Å². The zero-order chi connectivity index (χ0) is 16.9. The molecule has 0 spiro atoms. The minimum absolute atomic E-state index is 0.0825. The van der Waals surface area contributed by atoms with Gasteiger partial charge >= 0.3 is 0 Å². The Hall–Kier alpha value is -1.50. The van der Waals surface area contributed by atoms with E-state index in [1.54, 1.807) is 17.4 Å². The van der Waals surface area contributed by atoms with E-state index in [2.05, 4.69) is 31.2 Å². The number of piperazine rings is 1. The number of benzene rings is 1. The van der Waals surface area contributed by atoms with Crippen molar-refractivity contribution >= 4 is 39.2 Å². The number of nitrogens with zero attached hydrogens (tertiary/aromatic N) is 3. The van der Waals surface area contributed by atoms with Crippen LogP contribution in [0.2, 0.25) is 0 Å². The summed E-state index contributed by atoms with van der Waals surface area (Å²) in [5.41, 5.74) is 2.15. The number of halogens is 1. The van der Waals surface area contributed by atoms with E-state index in [0.29, 0.717) is 0 Å². The normalized spacial score (nSPS) is 16.0. The van der Waals surface area contributed by atoms with E-state index in [0.717, 1.165) is 53.5 Å². The molecule has 1 aromatic heterocycles. The zero-order valence-electron chi connectivity index (χ0n) is 13.6. The summed E-state index contributed by atoms with van der Waals surface area (Å²) in [6.07, 6.45) is 3.54. The molecule has 3 rings (SSSR count). The summed E-state index contributed by atoms with van der Waals surface area (Å²) in [7, 11) is 0. The summed E-state index contributed by atoms with van der Waals surface area (Å²) < 4.78 is 1.02. The minimum Gasteiger partial charge on any atom is -0.337 e. The fraction of sp³-hybridized carbons (Fsp3) is 0.333. The zero-order valence-corrected chi connectivity index (χ0v) is 16.0. The van der Waals surface area contributed by atoms with E-state index in [1.165, 1.54) is 0 Å². The van der Waals surface area contributed by atoms with Gasteiger partial charge in [0.2, 0.25) is 5.91 Å². The molecular weight excluding hydrogens is 386 g/mol. The Morgan fingerprint density at radius 2 is 2.12 bits per heavy atom. The van der Waals surface area contributed by atoms with Gasteiger partial charge in [0, 0.05) is 48.7 Å². The molecule has 0 bridgehead atoms. The first kappa shape index (κ1) is 17.3. The minimum atomic E-state index is 0.0825. The van der Waals surface area contributed by atoms with E-state index in [-0.39, 0.29) is 5.91 Å². The average molecular weight is 406 g/mol. The van der Waals surface area contributed by atoms with Crippen LogP contribution in [0.5, 0.6) is 0 Å². The molecule has 1 aromatic carbocycles. The van der Waals surface area contributed by atoms with E-state index in [9.17, 15) is 4.79 Å². The Kier molecular flexibility index (Phi) is 5.81. The van der Waals surface area contributed by atoms with Gasteiger partial charge in [-0.15, -0.1) is 11.3 Å². The second-order valence-corrected chi connectivity index (χ2v) is 7.83. The Balaban J connectivity index is 1.49. The van der Waals surface area contributed by atoms with Crippen LogP contribution in [-0.4, -0.2) is 46.9 Å². The molecule has 1 aliphatic heterocycles. The number of hydrogen-bond acceptors (Lipinski definition) is 4. The predicted octanol–water partition coefficient (Wildman–Crippen LogP) is 3.57. The van der Waals surface area contributed by atoms with Gasteiger partial charge in [-0.25, -0.2) is 4.98 Å². The standard InChI is InChI=1S/C18H20BrN3OS/c1-14-20-17(13-24-14)12-21-7-9-22(10-8-21)18(23)6-5-15-3-2-4-16(19)11-15/h2-6,11,13H,7-10,12H2,1H3. The first-order valence-electron chi connectivity index (χ1n) is 7.96. The van der Waals surface area contributed by atoms with Crippen LogP contribution in [0, 0.1) is 6.92 Å². The Morgan fingerprint density at radius 1 is 1.33 bits per heavy atom. The summed E-state index contributed by atoms with van der Waals surface area (Å²) in [4.78, 5) is 21.1. The van der Waals surface area contributed by atoms with Crippen LogP contribution in [0.15, 0.2) is 40.2 Å². The quantitative estimate of drug-likeness (QED) is 0.729. The van der Waals surface area contributed by atoms with Crippen LogP contribution in [0.3, 0.4) is 0 Å². The van der Waals surface area contributed by atoms with Crippen LogP contribution >= 0.6 is 27.3 Å². The number of carbonyl (C=O) groups is 1. The second kappa shape index (κ2) is 8.05. The highest BCUT2D eigenvalue weighted by Crippen LogP contribution is 2.14. The molecule has 1 aliphatic rings. The Labute approximate surface area is 154 Å². The van der Waals surface area contributed by atoms with Gasteiger partial charge in [0.25, 0.3) is 0 Å². The van der Waals surface area contributed by atoms with Crippen molar-refractivity contribution in [3.8, 4) is 0 Å². The maximum atomic E-state index is 12.3. The van der Waals surface area contributed by atoms with Gasteiger partial charge < -0.3 is 4.90 Å². The fourth-order valence-corrected chi connectivity index (χ4v) is 3.74. The molecule has 0 N–H and O–H groups in total. The molecule has 0 unspecified atom stereocenters. The maximum absolute atomic E-state index is 12.3. The number of amides is 1. The van der Waals surface area contributed by atoms with E-state index < -0.39 is 0 Å². The third kappa shape index (κ3) is 4.75. The topological polar surface area (TPSA) is 36.4 Å². The number of carbonyl (C=O) groups excluding carboxylic acids is 1. The SMILES string of the molecule is Cc1nc(CN2CCN(C(=O)C=Cc3cccc(Br)c3)CC2)cs1. The van der Waals surface area contributed by atoms with Gasteiger partial charge in [0.15, 0.2) is 0 Å². The molecule has 0 radical (unpaired) electrons. The highest BCUT2D eigenvalue weighted by molar-refractivity contribution is 9.10. The summed E-state index contributed by atoms with van der Waals surface area (Å²) in [6.45, 7) is 6.23. The molecule has 2 aromatic rings. The van der Waals surface area contributed by atoms with Crippen molar-refractivity contribution in [3.63, 3.8) is 0 Å². The summed E-state index contributed by atoms with van der Waals surface area (Å²) in [6, 6.07) is 7.93. The number of thiazole rings is 1. The number of aryl methyl sites for hydroxylation is 1. The van der Waals surface area contributed by atoms with Crippen molar-refractivity contribution in [2.45, 2.75) is 13.5 Å². The largest absolute Gasteiger partial charge is 0.337 e. The molecule has 1 saturated heterocycles. The summed E-state index contributed by atoms with van der Waals surface area (Å²) in [5, 5.41) is 3.23. The van der Waals surface area contributed by atoms with Gasteiger partial charge in [-0.3, -0.25) is 9.69 Å². The highest BCUT2D eigenvalue weighted by atomic mass is 79.9. The lowest BCUT2D eigenvalue weighted by Gasteiger charge is -2.33. The summed E-state index contributed by atoms with van der Waals surface area (Å²) in [5.74, 6) is 0.0825. The monoisotopic (exact) mass is 405 g/mol. The number of aromatic nitrogens is 1. The third-order valence-corrected chi connectivity index (χ3v) is 5.32. The predicted molar refractivity (Wildman–Crippen MR) is 102 cm³/mol. The first-order chi connectivity index (χ1) is 11.6. The van der Waals surface area contributed by atoms with Crippen molar-refractivity contribution in [2.75, 3.05) is 26.2 Å². The van der Waals surface area contributed by atoms with Gasteiger partial charge in [-0.1, -0.05) is 28.1 Å². The maximum Gasteiger partial charge on any atom is 0.246 e. The van der Waals surface area contributed by atoms with Crippen LogP contribution in [0.25, 0.3) is 6.08 Å². The number of rotatable bonds is 4. The van der Waals surface area contributed by atoms with E-state index in [1.807, 2.05) is 42.2 Å². The third-order valence-electron chi connectivity index (χ3n) is 4.00. The molecular formula is C18H20BrN3OS. The van der Waals surface area contributed by atoms with Crippen molar-refractivity contribution in [3.05, 3.63) is 56.5 Å². The molecule has 1 fully saturated rings. The molecule has 0 aliphatic carbocycles. The van der Waals surface area contributed by atoms with Gasteiger partial charge in [0.05, 0.1) is 10.7 Å². The molecule has 0 saturated carbocycles. The smallest absolute Gasteiger partial charge is 0.246 e. The lowest BCUT2D eigenvalue weighted by molar-refractivity contribution is -0.127. The Bertz CT molecular complexity index is 735. The lowest BCUT2D eigenvalue weighted by atomic mass is 10.2.